The average molecular weight is 504 g/mol. The molecule has 0 aliphatic rings. The number of hydrogen-bond acceptors (Lipinski definition) is 5. The fraction of sp³-hybridized carbons (Fsp3) is 0.462. The summed E-state index contributed by atoms with van der Waals surface area (Å²) in [7, 11) is -2.10. The van der Waals surface area contributed by atoms with Crippen molar-refractivity contribution in [3.63, 3.8) is 0 Å². The molecule has 0 aliphatic carbocycles. The van der Waals surface area contributed by atoms with Gasteiger partial charge in [-0.3, -0.25) is 9.59 Å². The third-order valence-electron chi connectivity index (χ3n) is 5.68. The van der Waals surface area contributed by atoms with Crippen LogP contribution in [0.25, 0.3) is 0 Å². The molecule has 0 unspecified atom stereocenters. The molecule has 8 nitrogen and oxygen atoms in total. The highest BCUT2D eigenvalue weighted by molar-refractivity contribution is 7.88. The van der Waals surface area contributed by atoms with Crippen LogP contribution in [0.5, 0.6) is 5.75 Å². The maximum Gasteiger partial charge on any atom is 0.242 e. The molecule has 0 bridgehead atoms. The SMILES string of the molecule is COc1ccc(CN(C(=O)CN(Cc2ccccc2)S(C)(=O)=O)[C@H](C)C(=O)NCCC(C)C)cc1. The maximum atomic E-state index is 13.5. The smallest absolute Gasteiger partial charge is 0.242 e. The summed E-state index contributed by atoms with van der Waals surface area (Å²) < 4.78 is 31.3. The normalized spacial score (nSPS) is 12.4. The van der Waals surface area contributed by atoms with Gasteiger partial charge in [-0.2, -0.15) is 4.31 Å². The van der Waals surface area contributed by atoms with Crippen molar-refractivity contribution >= 4 is 21.8 Å². The van der Waals surface area contributed by atoms with Crippen LogP contribution in [0.1, 0.15) is 38.3 Å². The standard InChI is InChI=1S/C26H37N3O5S/c1-20(2)15-16-27-26(31)21(3)29(18-23-11-13-24(34-4)14-12-23)25(30)19-28(35(5,32)33)17-22-9-7-6-8-10-22/h6-14,20-21H,15-19H2,1-5H3,(H,27,31)/t21-/m1/s1. The minimum absolute atomic E-state index is 0.0662. The third-order valence-corrected chi connectivity index (χ3v) is 6.88. The van der Waals surface area contributed by atoms with Crippen molar-refractivity contribution in [3.8, 4) is 5.75 Å². The number of carbonyl (C=O) groups excluding carboxylic acids is 2. The maximum absolute atomic E-state index is 13.5. The van der Waals surface area contributed by atoms with Gasteiger partial charge in [0.25, 0.3) is 0 Å². The highest BCUT2D eigenvalue weighted by Gasteiger charge is 2.29. The molecule has 0 spiro atoms. The van der Waals surface area contributed by atoms with Crippen molar-refractivity contribution in [2.45, 2.75) is 46.3 Å². The van der Waals surface area contributed by atoms with Crippen molar-refractivity contribution in [3.05, 3.63) is 65.7 Å². The average Bonchev–Trinajstić information content (AvgIpc) is 2.81. The van der Waals surface area contributed by atoms with E-state index in [4.69, 9.17) is 4.74 Å². The number of benzene rings is 2. The summed E-state index contributed by atoms with van der Waals surface area (Å²) in [5.41, 5.74) is 1.57. The van der Waals surface area contributed by atoms with E-state index in [9.17, 15) is 18.0 Å². The van der Waals surface area contributed by atoms with Crippen LogP contribution in [0.15, 0.2) is 54.6 Å². The van der Waals surface area contributed by atoms with Gasteiger partial charge >= 0.3 is 0 Å². The van der Waals surface area contributed by atoms with Crippen LogP contribution >= 0.6 is 0 Å². The van der Waals surface area contributed by atoms with Crippen LogP contribution in [-0.2, 0) is 32.7 Å². The summed E-state index contributed by atoms with van der Waals surface area (Å²) in [4.78, 5) is 27.8. The van der Waals surface area contributed by atoms with E-state index >= 15 is 0 Å². The number of hydrogen-bond donors (Lipinski definition) is 1. The van der Waals surface area contributed by atoms with Crippen LogP contribution in [0.3, 0.4) is 0 Å². The molecular weight excluding hydrogens is 466 g/mol. The zero-order valence-corrected chi connectivity index (χ0v) is 22.0. The molecule has 2 aromatic carbocycles. The molecule has 1 atom stereocenters. The summed E-state index contributed by atoms with van der Waals surface area (Å²) >= 11 is 0. The van der Waals surface area contributed by atoms with E-state index in [1.165, 1.54) is 4.90 Å². The Bertz CT molecular complexity index is 1060. The summed E-state index contributed by atoms with van der Waals surface area (Å²) in [5.74, 6) is 0.385. The quantitative estimate of drug-likeness (QED) is 0.453. The molecule has 2 amide bonds. The Balaban J connectivity index is 2.25. The molecule has 0 aromatic heterocycles. The first-order valence-electron chi connectivity index (χ1n) is 11.7. The van der Waals surface area contributed by atoms with E-state index in [0.29, 0.717) is 18.2 Å². The minimum atomic E-state index is -3.67. The summed E-state index contributed by atoms with van der Waals surface area (Å²) in [6.45, 7) is 6.17. The van der Waals surface area contributed by atoms with Gasteiger partial charge in [0.05, 0.1) is 19.9 Å². The second kappa shape index (κ2) is 13.3. The van der Waals surface area contributed by atoms with Gasteiger partial charge in [0.1, 0.15) is 11.8 Å². The predicted molar refractivity (Wildman–Crippen MR) is 137 cm³/mol. The first-order chi connectivity index (χ1) is 16.5. The second-order valence-corrected chi connectivity index (χ2v) is 11.0. The molecule has 0 fully saturated rings. The lowest BCUT2D eigenvalue weighted by atomic mass is 10.1. The van der Waals surface area contributed by atoms with Crippen LogP contribution in [0.2, 0.25) is 0 Å². The van der Waals surface area contributed by atoms with Crippen molar-refractivity contribution < 1.29 is 22.7 Å². The number of carbonyl (C=O) groups is 2. The summed E-state index contributed by atoms with van der Waals surface area (Å²) in [6.07, 6.45) is 1.91. The molecule has 0 radical (unpaired) electrons. The largest absolute Gasteiger partial charge is 0.497 e. The van der Waals surface area contributed by atoms with E-state index in [1.807, 2.05) is 42.5 Å². The van der Waals surface area contributed by atoms with Gasteiger partial charge in [0.2, 0.25) is 21.8 Å². The Labute approximate surface area is 209 Å². The van der Waals surface area contributed by atoms with Crippen LogP contribution in [0, 0.1) is 5.92 Å². The number of ether oxygens (including phenoxy) is 1. The number of sulfonamides is 1. The highest BCUT2D eigenvalue weighted by atomic mass is 32.2. The molecule has 0 aliphatic heterocycles. The van der Waals surface area contributed by atoms with Gasteiger partial charge in [0, 0.05) is 19.6 Å². The lowest BCUT2D eigenvalue weighted by Gasteiger charge is -2.31. The lowest BCUT2D eigenvalue weighted by Crippen LogP contribution is -2.51. The van der Waals surface area contributed by atoms with E-state index in [2.05, 4.69) is 19.2 Å². The number of amides is 2. The van der Waals surface area contributed by atoms with Gasteiger partial charge in [-0.25, -0.2) is 8.42 Å². The Kier molecular flexibility index (Phi) is 10.7. The van der Waals surface area contributed by atoms with Crippen LogP contribution < -0.4 is 10.1 Å². The van der Waals surface area contributed by atoms with Gasteiger partial charge < -0.3 is 15.0 Å². The zero-order chi connectivity index (χ0) is 26.0. The van der Waals surface area contributed by atoms with Crippen molar-refractivity contribution in [2.75, 3.05) is 26.5 Å². The van der Waals surface area contributed by atoms with Crippen molar-refractivity contribution in [2.24, 2.45) is 5.92 Å². The molecule has 1 N–H and O–H groups in total. The van der Waals surface area contributed by atoms with Crippen molar-refractivity contribution in [1.82, 2.24) is 14.5 Å². The van der Waals surface area contributed by atoms with Gasteiger partial charge in [-0.1, -0.05) is 56.3 Å². The van der Waals surface area contributed by atoms with E-state index in [1.54, 1.807) is 26.2 Å². The lowest BCUT2D eigenvalue weighted by molar-refractivity contribution is -0.140. The Morgan fingerprint density at radius 3 is 2.09 bits per heavy atom. The summed E-state index contributed by atoms with van der Waals surface area (Å²) in [6, 6.07) is 15.5. The molecule has 0 saturated heterocycles. The molecule has 0 heterocycles. The molecule has 0 saturated carbocycles. The second-order valence-electron chi connectivity index (χ2n) is 9.04. The van der Waals surface area contributed by atoms with Crippen LogP contribution in [-0.4, -0.2) is 61.9 Å². The van der Waals surface area contributed by atoms with Gasteiger partial charge in [-0.15, -0.1) is 0 Å². The van der Waals surface area contributed by atoms with Crippen molar-refractivity contribution in [1.29, 1.82) is 0 Å². The highest BCUT2D eigenvalue weighted by Crippen LogP contribution is 2.16. The first-order valence-corrected chi connectivity index (χ1v) is 13.5. The number of methoxy groups -OCH3 is 1. The predicted octanol–water partition coefficient (Wildman–Crippen LogP) is 3.04. The zero-order valence-electron chi connectivity index (χ0n) is 21.2. The number of nitrogens with one attached hydrogen (secondary N) is 1. The van der Waals surface area contributed by atoms with Gasteiger partial charge in [-0.05, 0) is 42.5 Å². The number of nitrogens with zero attached hydrogens (tertiary/aromatic N) is 2. The Morgan fingerprint density at radius 2 is 1.54 bits per heavy atom. The van der Waals surface area contributed by atoms with E-state index in [0.717, 1.165) is 28.1 Å². The fourth-order valence-corrected chi connectivity index (χ4v) is 4.19. The molecular formula is C26H37N3O5S. The number of rotatable bonds is 13. The fourth-order valence-electron chi connectivity index (χ4n) is 3.46. The molecule has 192 valence electrons. The first kappa shape index (κ1) is 28.3. The molecule has 2 rings (SSSR count). The summed E-state index contributed by atoms with van der Waals surface area (Å²) in [5, 5.41) is 2.89. The van der Waals surface area contributed by atoms with E-state index < -0.39 is 22.0 Å². The molecule has 9 heteroatoms. The van der Waals surface area contributed by atoms with Crippen LogP contribution in [0.4, 0.5) is 0 Å². The monoisotopic (exact) mass is 503 g/mol. The van der Waals surface area contributed by atoms with E-state index in [-0.39, 0.29) is 25.5 Å². The molecule has 35 heavy (non-hydrogen) atoms. The Hall–Kier alpha value is -2.91. The molecule has 2 aromatic rings. The van der Waals surface area contributed by atoms with Gasteiger partial charge in [0.15, 0.2) is 0 Å². The Morgan fingerprint density at radius 1 is 0.943 bits per heavy atom. The third kappa shape index (κ3) is 9.33. The minimum Gasteiger partial charge on any atom is -0.497 e. The topological polar surface area (TPSA) is 96.0 Å².